The molecule has 100 valence electrons. The zero-order valence-electron chi connectivity index (χ0n) is 11.4. The molecule has 0 unspecified atom stereocenters. The molecule has 2 heterocycles. The molecule has 2 rings (SSSR count). The molecule has 2 nitrogen and oxygen atoms in total. The second kappa shape index (κ2) is 6.75. The summed E-state index contributed by atoms with van der Waals surface area (Å²) >= 11 is 0. The van der Waals surface area contributed by atoms with E-state index in [0.29, 0.717) is 6.10 Å². The third kappa shape index (κ3) is 3.96. The molecular formula is C15H28O2. The molecule has 2 heteroatoms. The van der Waals surface area contributed by atoms with Crippen LogP contribution in [-0.4, -0.2) is 18.5 Å². The lowest BCUT2D eigenvalue weighted by molar-refractivity contribution is -0.295. The summed E-state index contributed by atoms with van der Waals surface area (Å²) in [5.74, 6) is -0.175. The summed E-state index contributed by atoms with van der Waals surface area (Å²) in [7, 11) is 0. The van der Waals surface area contributed by atoms with Crippen molar-refractivity contribution in [2.45, 2.75) is 89.4 Å². The minimum Gasteiger partial charge on any atom is -0.350 e. The van der Waals surface area contributed by atoms with Gasteiger partial charge in [-0.1, -0.05) is 32.6 Å². The Morgan fingerprint density at radius 2 is 1.94 bits per heavy atom. The highest BCUT2D eigenvalue weighted by Crippen LogP contribution is 2.38. The highest BCUT2D eigenvalue weighted by Gasteiger charge is 2.39. The van der Waals surface area contributed by atoms with Crippen molar-refractivity contribution in [2.24, 2.45) is 0 Å². The Labute approximate surface area is 106 Å². The first-order valence-electron chi connectivity index (χ1n) is 7.66. The minimum absolute atomic E-state index is 0.175. The molecular weight excluding hydrogens is 212 g/mol. The van der Waals surface area contributed by atoms with E-state index in [4.69, 9.17) is 9.47 Å². The molecule has 0 amide bonds. The van der Waals surface area contributed by atoms with Crippen LogP contribution in [0.4, 0.5) is 0 Å². The SMILES string of the molecule is CCCCCC[C@@H]1CCC[C@]2(CCCCO2)O1. The van der Waals surface area contributed by atoms with Crippen molar-refractivity contribution in [1.29, 1.82) is 0 Å². The van der Waals surface area contributed by atoms with Crippen molar-refractivity contribution < 1.29 is 9.47 Å². The van der Waals surface area contributed by atoms with Gasteiger partial charge in [-0.3, -0.25) is 0 Å². The number of ether oxygens (including phenoxy) is 2. The largest absolute Gasteiger partial charge is 0.350 e. The molecule has 0 radical (unpaired) electrons. The van der Waals surface area contributed by atoms with Gasteiger partial charge in [-0.25, -0.2) is 0 Å². The summed E-state index contributed by atoms with van der Waals surface area (Å²) in [4.78, 5) is 0. The maximum absolute atomic E-state index is 6.27. The van der Waals surface area contributed by atoms with E-state index in [2.05, 4.69) is 6.92 Å². The first-order chi connectivity index (χ1) is 8.35. The van der Waals surface area contributed by atoms with Crippen LogP contribution in [-0.2, 0) is 9.47 Å². The standard InChI is InChI=1S/C15H28O2/c1-2-3-4-5-9-14-10-8-12-15(17-14)11-6-7-13-16-15/h14H,2-13H2,1H3/t14-,15+/m1/s1. The quantitative estimate of drug-likeness (QED) is 0.662. The van der Waals surface area contributed by atoms with Crippen LogP contribution in [0.5, 0.6) is 0 Å². The van der Waals surface area contributed by atoms with Gasteiger partial charge < -0.3 is 9.47 Å². The van der Waals surface area contributed by atoms with Gasteiger partial charge in [0.1, 0.15) is 0 Å². The summed E-state index contributed by atoms with van der Waals surface area (Å²) in [5.41, 5.74) is 0. The van der Waals surface area contributed by atoms with E-state index in [-0.39, 0.29) is 5.79 Å². The third-order valence-electron chi connectivity index (χ3n) is 4.16. The van der Waals surface area contributed by atoms with E-state index in [9.17, 15) is 0 Å². The molecule has 2 atom stereocenters. The van der Waals surface area contributed by atoms with E-state index < -0.39 is 0 Å². The fourth-order valence-electron chi connectivity index (χ4n) is 3.14. The molecule has 2 aliphatic rings. The molecule has 0 aromatic heterocycles. The van der Waals surface area contributed by atoms with Gasteiger partial charge in [0, 0.05) is 12.8 Å². The molecule has 2 aliphatic heterocycles. The predicted molar refractivity (Wildman–Crippen MR) is 70.0 cm³/mol. The van der Waals surface area contributed by atoms with Gasteiger partial charge in [0.05, 0.1) is 12.7 Å². The number of unbranched alkanes of at least 4 members (excludes halogenated alkanes) is 3. The minimum atomic E-state index is -0.175. The predicted octanol–water partition coefficient (Wildman–Crippen LogP) is 4.42. The Hall–Kier alpha value is -0.0800. The van der Waals surface area contributed by atoms with Gasteiger partial charge in [-0.15, -0.1) is 0 Å². The normalized spacial score (nSPS) is 34.1. The monoisotopic (exact) mass is 240 g/mol. The first kappa shape index (κ1) is 13.4. The number of hydrogen-bond acceptors (Lipinski definition) is 2. The van der Waals surface area contributed by atoms with Crippen LogP contribution in [0.25, 0.3) is 0 Å². The van der Waals surface area contributed by atoms with Crippen LogP contribution < -0.4 is 0 Å². The lowest BCUT2D eigenvalue weighted by atomic mass is 9.93. The van der Waals surface area contributed by atoms with Crippen molar-refractivity contribution in [3.8, 4) is 0 Å². The van der Waals surface area contributed by atoms with Crippen LogP contribution in [0.15, 0.2) is 0 Å². The van der Waals surface area contributed by atoms with E-state index in [1.807, 2.05) is 0 Å². The van der Waals surface area contributed by atoms with Crippen molar-refractivity contribution in [1.82, 2.24) is 0 Å². The lowest BCUT2D eigenvalue weighted by Crippen LogP contribution is -2.45. The zero-order chi connectivity index (χ0) is 12.0. The molecule has 0 saturated carbocycles. The third-order valence-corrected chi connectivity index (χ3v) is 4.16. The molecule has 0 aromatic rings. The summed E-state index contributed by atoms with van der Waals surface area (Å²) in [6.45, 7) is 3.17. The molecule has 17 heavy (non-hydrogen) atoms. The second-order valence-corrected chi connectivity index (χ2v) is 5.70. The Kier molecular flexibility index (Phi) is 5.30. The van der Waals surface area contributed by atoms with Crippen LogP contribution in [0.2, 0.25) is 0 Å². The van der Waals surface area contributed by atoms with Crippen molar-refractivity contribution >= 4 is 0 Å². The summed E-state index contributed by atoms with van der Waals surface area (Å²) in [6.07, 6.45) is 14.4. The van der Waals surface area contributed by atoms with Crippen LogP contribution >= 0.6 is 0 Å². The van der Waals surface area contributed by atoms with E-state index in [1.54, 1.807) is 0 Å². The maximum Gasteiger partial charge on any atom is 0.168 e. The highest BCUT2D eigenvalue weighted by molar-refractivity contribution is 4.81. The van der Waals surface area contributed by atoms with Crippen LogP contribution in [0.1, 0.15) is 77.6 Å². The van der Waals surface area contributed by atoms with Crippen LogP contribution in [0, 0.1) is 0 Å². The Morgan fingerprint density at radius 3 is 2.71 bits per heavy atom. The first-order valence-corrected chi connectivity index (χ1v) is 7.66. The molecule has 1 spiro atoms. The highest BCUT2D eigenvalue weighted by atomic mass is 16.7. The average molecular weight is 240 g/mol. The molecule has 0 aromatic carbocycles. The van der Waals surface area contributed by atoms with Gasteiger partial charge in [0.15, 0.2) is 5.79 Å². The Bertz CT molecular complexity index is 203. The molecule has 0 bridgehead atoms. The number of hydrogen-bond donors (Lipinski definition) is 0. The Morgan fingerprint density at radius 1 is 1.06 bits per heavy atom. The van der Waals surface area contributed by atoms with Crippen molar-refractivity contribution in [3.63, 3.8) is 0 Å². The lowest BCUT2D eigenvalue weighted by Gasteiger charge is -2.43. The van der Waals surface area contributed by atoms with E-state index in [0.717, 1.165) is 19.4 Å². The molecule has 0 aliphatic carbocycles. The molecule has 0 N–H and O–H groups in total. The topological polar surface area (TPSA) is 18.5 Å². The van der Waals surface area contributed by atoms with Crippen LogP contribution in [0.3, 0.4) is 0 Å². The van der Waals surface area contributed by atoms with Gasteiger partial charge in [0.2, 0.25) is 0 Å². The smallest absolute Gasteiger partial charge is 0.168 e. The van der Waals surface area contributed by atoms with Crippen molar-refractivity contribution in [3.05, 3.63) is 0 Å². The molecule has 2 saturated heterocycles. The summed E-state index contributed by atoms with van der Waals surface area (Å²) in [5, 5.41) is 0. The summed E-state index contributed by atoms with van der Waals surface area (Å²) < 4.78 is 12.2. The van der Waals surface area contributed by atoms with Gasteiger partial charge in [-0.2, -0.15) is 0 Å². The second-order valence-electron chi connectivity index (χ2n) is 5.70. The average Bonchev–Trinajstić information content (AvgIpc) is 2.36. The molecule has 2 fully saturated rings. The Balaban J connectivity index is 1.72. The maximum atomic E-state index is 6.27. The fourth-order valence-corrected chi connectivity index (χ4v) is 3.14. The van der Waals surface area contributed by atoms with Gasteiger partial charge in [-0.05, 0) is 32.1 Å². The number of rotatable bonds is 5. The van der Waals surface area contributed by atoms with Gasteiger partial charge >= 0.3 is 0 Å². The zero-order valence-corrected chi connectivity index (χ0v) is 11.4. The fraction of sp³-hybridized carbons (Fsp3) is 1.00. The van der Waals surface area contributed by atoms with Gasteiger partial charge in [0.25, 0.3) is 0 Å². The summed E-state index contributed by atoms with van der Waals surface area (Å²) in [6, 6.07) is 0. The van der Waals surface area contributed by atoms with E-state index in [1.165, 1.54) is 57.8 Å². The van der Waals surface area contributed by atoms with Crippen molar-refractivity contribution in [2.75, 3.05) is 6.61 Å². The van der Waals surface area contributed by atoms with E-state index >= 15 is 0 Å².